The van der Waals surface area contributed by atoms with Crippen LogP contribution in [0, 0.1) is 52.3 Å². The number of rotatable bonds is 1. The Hall–Kier alpha value is -1.02. The fourth-order valence-electron chi connectivity index (χ4n) is 3.19. The lowest BCUT2D eigenvalue weighted by molar-refractivity contribution is 0.252. The first kappa shape index (κ1) is 8.57. The number of hydrogen-bond donors (Lipinski definition) is 0. The molecule has 2 nitrogen and oxygen atoms in total. The number of hydrogen-bond acceptors (Lipinski definition) is 2. The Morgan fingerprint density at radius 3 is 2.38 bits per heavy atom. The van der Waals surface area contributed by atoms with E-state index in [1.165, 1.54) is 6.42 Å². The van der Waals surface area contributed by atoms with Crippen LogP contribution in [-0.2, 0) is 0 Å². The van der Waals surface area contributed by atoms with E-state index in [2.05, 4.69) is 12.1 Å². The van der Waals surface area contributed by atoms with Gasteiger partial charge in [-0.1, -0.05) is 0 Å². The number of nitrogens with zero attached hydrogens (tertiary/aromatic N) is 2. The Morgan fingerprint density at radius 2 is 1.92 bits per heavy atom. The van der Waals surface area contributed by atoms with Gasteiger partial charge in [0.15, 0.2) is 0 Å². The van der Waals surface area contributed by atoms with E-state index in [0.717, 1.165) is 12.8 Å². The van der Waals surface area contributed by atoms with Crippen molar-refractivity contribution in [3.8, 4) is 12.1 Å². The molecule has 2 aliphatic carbocycles. The van der Waals surface area contributed by atoms with Gasteiger partial charge in [-0.15, -0.1) is 0 Å². The van der Waals surface area contributed by atoms with Crippen molar-refractivity contribution in [3.63, 3.8) is 0 Å². The molecule has 0 amide bonds. The minimum atomic E-state index is 0.189. The third-order valence-corrected chi connectivity index (χ3v) is 3.92. The van der Waals surface area contributed by atoms with E-state index in [1.54, 1.807) is 0 Å². The summed E-state index contributed by atoms with van der Waals surface area (Å²) in [6, 6.07) is 4.73. The summed E-state index contributed by atoms with van der Waals surface area (Å²) in [7, 11) is 0. The molecular weight excluding hydrogens is 160 g/mol. The molecule has 2 bridgehead atoms. The van der Waals surface area contributed by atoms with Gasteiger partial charge in [-0.05, 0) is 43.9 Å². The maximum Gasteiger partial charge on any atom is 0.0658 e. The van der Waals surface area contributed by atoms with Crippen LogP contribution in [0.2, 0.25) is 0 Å². The minimum absolute atomic E-state index is 0.189. The zero-order valence-corrected chi connectivity index (χ0v) is 7.90. The van der Waals surface area contributed by atoms with Crippen molar-refractivity contribution in [1.82, 2.24) is 0 Å². The Morgan fingerprint density at radius 1 is 1.15 bits per heavy atom. The molecule has 0 saturated heterocycles. The standard InChI is InChI=1S/C11H14N2/c1-7(5-12)11-4-8-2-9(11)3-10(8)6-13/h7-11H,2-4H2,1H3. The molecule has 2 rings (SSSR count). The lowest BCUT2D eigenvalue weighted by atomic mass is 9.77. The summed E-state index contributed by atoms with van der Waals surface area (Å²) in [6.07, 6.45) is 3.38. The van der Waals surface area contributed by atoms with Gasteiger partial charge >= 0.3 is 0 Å². The monoisotopic (exact) mass is 174 g/mol. The van der Waals surface area contributed by atoms with E-state index in [-0.39, 0.29) is 5.92 Å². The van der Waals surface area contributed by atoms with Crippen LogP contribution in [0.15, 0.2) is 0 Å². The summed E-state index contributed by atoms with van der Waals surface area (Å²) in [5.74, 6) is 2.35. The van der Waals surface area contributed by atoms with E-state index < -0.39 is 0 Å². The average Bonchev–Trinajstić information content (AvgIpc) is 2.74. The van der Waals surface area contributed by atoms with E-state index >= 15 is 0 Å². The van der Waals surface area contributed by atoms with Crippen LogP contribution >= 0.6 is 0 Å². The topological polar surface area (TPSA) is 47.6 Å². The molecule has 2 aliphatic rings. The van der Waals surface area contributed by atoms with Crippen LogP contribution in [0.25, 0.3) is 0 Å². The fourth-order valence-corrected chi connectivity index (χ4v) is 3.19. The predicted octanol–water partition coefficient (Wildman–Crippen LogP) is 2.33. The van der Waals surface area contributed by atoms with Crippen LogP contribution in [0.1, 0.15) is 26.2 Å². The first-order valence-electron chi connectivity index (χ1n) is 5.05. The summed E-state index contributed by atoms with van der Waals surface area (Å²) in [5.41, 5.74) is 0. The van der Waals surface area contributed by atoms with Crippen LogP contribution in [-0.4, -0.2) is 0 Å². The summed E-state index contributed by atoms with van der Waals surface area (Å²) in [5, 5.41) is 17.7. The summed E-state index contributed by atoms with van der Waals surface area (Å²) < 4.78 is 0. The highest BCUT2D eigenvalue weighted by Crippen LogP contribution is 2.53. The minimum Gasteiger partial charge on any atom is -0.198 e. The van der Waals surface area contributed by atoms with E-state index in [1.807, 2.05) is 6.92 Å². The van der Waals surface area contributed by atoms with Crippen molar-refractivity contribution in [3.05, 3.63) is 0 Å². The highest BCUT2D eigenvalue weighted by molar-refractivity contribution is 5.05. The molecule has 68 valence electrons. The van der Waals surface area contributed by atoms with E-state index in [9.17, 15) is 0 Å². The molecule has 0 heterocycles. The molecule has 2 heteroatoms. The van der Waals surface area contributed by atoms with Gasteiger partial charge in [0.1, 0.15) is 0 Å². The van der Waals surface area contributed by atoms with E-state index in [4.69, 9.17) is 10.5 Å². The predicted molar refractivity (Wildman–Crippen MR) is 48.2 cm³/mol. The van der Waals surface area contributed by atoms with Crippen LogP contribution < -0.4 is 0 Å². The number of fused-ring (bicyclic) bond motifs is 2. The highest BCUT2D eigenvalue weighted by Gasteiger charge is 2.47. The van der Waals surface area contributed by atoms with Crippen molar-refractivity contribution >= 4 is 0 Å². The second-order valence-corrected chi connectivity index (χ2v) is 4.54. The van der Waals surface area contributed by atoms with Crippen molar-refractivity contribution in [2.45, 2.75) is 26.2 Å². The molecule has 2 fully saturated rings. The van der Waals surface area contributed by atoms with Crippen LogP contribution in [0.3, 0.4) is 0 Å². The molecule has 5 atom stereocenters. The van der Waals surface area contributed by atoms with Crippen molar-refractivity contribution < 1.29 is 0 Å². The van der Waals surface area contributed by atoms with Gasteiger partial charge in [-0.2, -0.15) is 10.5 Å². The Bertz CT molecular complexity index is 283. The van der Waals surface area contributed by atoms with Gasteiger partial charge in [-0.25, -0.2) is 0 Å². The quantitative estimate of drug-likeness (QED) is 0.612. The number of nitriles is 2. The van der Waals surface area contributed by atoms with Crippen LogP contribution in [0.4, 0.5) is 0 Å². The molecule has 0 aromatic rings. The Kier molecular flexibility index (Phi) is 2.00. The molecule has 0 N–H and O–H groups in total. The third-order valence-electron chi connectivity index (χ3n) is 3.92. The van der Waals surface area contributed by atoms with Gasteiger partial charge < -0.3 is 0 Å². The lowest BCUT2D eigenvalue weighted by Crippen LogP contribution is -2.21. The fraction of sp³-hybridized carbons (Fsp3) is 0.818. The van der Waals surface area contributed by atoms with Gasteiger partial charge in [0, 0.05) is 11.8 Å². The highest BCUT2D eigenvalue weighted by atomic mass is 14.5. The van der Waals surface area contributed by atoms with Gasteiger partial charge in [0.25, 0.3) is 0 Å². The molecule has 2 saturated carbocycles. The van der Waals surface area contributed by atoms with E-state index in [0.29, 0.717) is 23.7 Å². The van der Waals surface area contributed by atoms with Crippen molar-refractivity contribution in [2.24, 2.45) is 29.6 Å². The first-order chi connectivity index (χ1) is 6.26. The largest absolute Gasteiger partial charge is 0.198 e. The van der Waals surface area contributed by atoms with Gasteiger partial charge in [0.05, 0.1) is 12.1 Å². The Labute approximate surface area is 79.2 Å². The summed E-state index contributed by atoms with van der Waals surface area (Å²) in [4.78, 5) is 0. The van der Waals surface area contributed by atoms with Crippen LogP contribution in [0.5, 0.6) is 0 Å². The molecule has 0 aromatic heterocycles. The second kappa shape index (κ2) is 3.04. The maximum atomic E-state index is 8.86. The molecule has 13 heavy (non-hydrogen) atoms. The maximum absolute atomic E-state index is 8.86. The third kappa shape index (κ3) is 1.22. The smallest absolute Gasteiger partial charge is 0.0658 e. The SMILES string of the molecule is CC(C#N)C1CC2CC1CC2C#N. The van der Waals surface area contributed by atoms with Gasteiger partial charge in [-0.3, -0.25) is 0 Å². The molecular formula is C11H14N2. The van der Waals surface area contributed by atoms with Crippen molar-refractivity contribution in [1.29, 1.82) is 10.5 Å². The zero-order chi connectivity index (χ0) is 9.42. The average molecular weight is 174 g/mol. The van der Waals surface area contributed by atoms with Crippen molar-refractivity contribution in [2.75, 3.05) is 0 Å². The molecule has 0 aromatic carbocycles. The summed E-state index contributed by atoms with van der Waals surface area (Å²) >= 11 is 0. The zero-order valence-electron chi connectivity index (χ0n) is 7.90. The van der Waals surface area contributed by atoms with Gasteiger partial charge in [0.2, 0.25) is 0 Å². The molecule has 0 radical (unpaired) electrons. The lowest BCUT2D eigenvalue weighted by Gasteiger charge is -2.25. The molecule has 0 spiro atoms. The molecule has 0 aliphatic heterocycles. The Balaban J connectivity index is 2.05. The molecule has 5 unspecified atom stereocenters. The second-order valence-electron chi connectivity index (χ2n) is 4.54. The summed E-state index contributed by atoms with van der Waals surface area (Å²) in [6.45, 7) is 2.02. The first-order valence-corrected chi connectivity index (χ1v) is 5.05. The normalized spacial score (nSPS) is 43.9.